The summed E-state index contributed by atoms with van der Waals surface area (Å²) in [4.78, 5) is 14.4. The molecule has 1 fully saturated rings. The third-order valence-corrected chi connectivity index (χ3v) is 4.28. The average Bonchev–Trinajstić information content (AvgIpc) is 2.81. The summed E-state index contributed by atoms with van der Waals surface area (Å²) in [6, 6.07) is 0. The number of carboxylic acids is 1. The van der Waals surface area contributed by atoms with Crippen LogP contribution in [-0.2, 0) is 15.0 Å². The van der Waals surface area contributed by atoms with Crippen LogP contribution < -0.4 is 4.72 Å². The number of H-pyrrole nitrogens is 1. The summed E-state index contributed by atoms with van der Waals surface area (Å²) in [5.41, 5.74) is 0. The lowest BCUT2D eigenvalue weighted by molar-refractivity contribution is -0.142. The zero-order valence-corrected chi connectivity index (χ0v) is 10.2. The smallest absolute Gasteiger partial charge is 0.306 e. The summed E-state index contributed by atoms with van der Waals surface area (Å²) in [5, 5.41) is 14.7. The SMILES string of the molecule is O=C(O)C1CCN(S(=O)(=O)Nc2ncn[nH]2)CC1. The quantitative estimate of drug-likeness (QED) is 0.663. The lowest BCUT2D eigenvalue weighted by Crippen LogP contribution is -2.43. The Morgan fingerprint density at radius 1 is 1.50 bits per heavy atom. The van der Waals surface area contributed by atoms with E-state index in [0.29, 0.717) is 12.8 Å². The monoisotopic (exact) mass is 275 g/mol. The first-order valence-corrected chi connectivity index (χ1v) is 6.79. The third kappa shape index (κ3) is 2.76. The van der Waals surface area contributed by atoms with Gasteiger partial charge in [0.25, 0.3) is 0 Å². The Morgan fingerprint density at radius 3 is 2.67 bits per heavy atom. The Labute approximate surface area is 103 Å². The Kier molecular flexibility index (Phi) is 3.48. The van der Waals surface area contributed by atoms with E-state index in [1.54, 1.807) is 0 Å². The fourth-order valence-electron chi connectivity index (χ4n) is 1.78. The molecule has 10 heteroatoms. The molecular weight excluding hydrogens is 262 g/mol. The van der Waals surface area contributed by atoms with Gasteiger partial charge in [0, 0.05) is 13.1 Å². The molecule has 2 heterocycles. The maximum Gasteiger partial charge on any atom is 0.306 e. The Morgan fingerprint density at radius 2 is 2.17 bits per heavy atom. The molecule has 0 radical (unpaired) electrons. The number of nitrogens with zero attached hydrogens (tertiary/aromatic N) is 3. The van der Waals surface area contributed by atoms with Gasteiger partial charge in [-0.25, -0.2) is 9.82 Å². The van der Waals surface area contributed by atoms with Crippen LogP contribution in [0.2, 0.25) is 0 Å². The second-order valence-electron chi connectivity index (χ2n) is 3.95. The van der Waals surface area contributed by atoms with Crippen molar-refractivity contribution in [2.24, 2.45) is 5.92 Å². The number of piperidine rings is 1. The molecule has 1 aliphatic rings. The Hall–Kier alpha value is -1.68. The van der Waals surface area contributed by atoms with E-state index in [0.717, 1.165) is 0 Å². The summed E-state index contributed by atoms with van der Waals surface area (Å²) in [6.45, 7) is 0.362. The van der Waals surface area contributed by atoms with Gasteiger partial charge in [-0.05, 0) is 12.8 Å². The van der Waals surface area contributed by atoms with E-state index in [2.05, 4.69) is 19.9 Å². The van der Waals surface area contributed by atoms with E-state index in [-0.39, 0.29) is 19.0 Å². The first-order valence-electron chi connectivity index (χ1n) is 5.35. The van der Waals surface area contributed by atoms with E-state index in [1.165, 1.54) is 10.6 Å². The summed E-state index contributed by atoms with van der Waals surface area (Å²) in [6.07, 6.45) is 1.81. The minimum Gasteiger partial charge on any atom is -0.481 e. The molecule has 0 saturated carbocycles. The highest BCUT2D eigenvalue weighted by Crippen LogP contribution is 2.20. The van der Waals surface area contributed by atoms with Crippen LogP contribution in [0.25, 0.3) is 0 Å². The zero-order valence-electron chi connectivity index (χ0n) is 9.40. The predicted octanol–water partition coefficient (Wildman–Crippen LogP) is -0.742. The molecule has 1 aromatic rings. The fourth-order valence-corrected chi connectivity index (χ4v) is 2.95. The molecule has 0 spiro atoms. The van der Waals surface area contributed by atoms with Crippen LogP contribution in [0.5, 0.6) is 0 Å². The number of aromatic amines is 1. The molecule has 0 amide bonds. The van der Waals surface area contributed by atoms with Gasteiger partial charge in [0.15, 0.2) is 0 Å². The largest absolute Gasteiger partial charge is 0.481 e. The highest BCUT2D eigenvalue weighted by molar-refractivity contribution is 7.90. The normalized spacial score (nSPS) is 18.7. The van der Waals surface area contributed by atoms with Crippen LogP contribution in [0.4, 0.5) is 5.95 Å². The Bertz CT molecular complexity index is 506. The molecule has 9 nitrogen and oxygen atoms in total. The number of carboxylic acid groups (broad SMARTS) is 1. The van der Waals surface area contributed by atoms with Crippen molar-refractivity contribution in [3.8, 4) is 0 Å². The standard InChI is InChI=1S/C8H13N5O4S/c14-7(15)6-1-3-13(4-2-6)18(16,17)12-8-9-5-10-11-8/h5-6H,1-4H2,(H,14,15)(H2,9,10,11,12). The number of nitrogens with one attached hydrogen (secondary N) is 2. The topological polar surface area (TPSA) is 128 Å². The summed E-state index contributed by atoms with van der Waals surface area (Å²) < 4.78 is 27.3. The molecule has 0 aromatic carbocycles. The first-order chi connectivity index (χ1) is 8.49. The van der Waals surface area contributed by atoms with Gasteiger partial charge in [0.05, 0.1) is 5.92 Å². The van der Waals surface area contributed by atoms with E-state index >= 15 is 0 Å². The molecule has 0 atom stereocenters. The molecular formula is C8H13N5O4S. The van der Waals surface area contributed by atoms with E-state index in [4.69, 9.17) is 5.11 Å². The number of hydrogen-bond donors (Lipinski definition) is 3. The maximum absolute atomic E-state index is 11.9. The molecule has 0 unspecified atom stereocenters. The van der Waals surface area contributed by atoms with Crippen molar-refractivity contribution in [3.05, 3.63) is 6.33 Å². The van der Waals surface area contributed by atoms with Gasteiger partial charge < -0.3 is 5.11 Å². The van der Waals surface area contributed by atoms with Crippen LogP contribution in [0.1, 0.15) is 12.8 Å². The summed E-state index contributed by atoms with van der Waals surface area (Å²) in [7, 11) is -3.70. The molecule has 100 valence electrons. The lowest BCUT2D eigenvalue weighted by Gasteiger charge is -2.28. The average molecular weight is 275 g/mol. The summed E-state index contributed by atoms with van der Waals surface area (Å²) in [5.74, 6) is -1.31. The van der Waals surface area contributed by atoms with E-state index < -0.39 is 22.1 Å². The number of hydrogen-bond acceptors (Lipinski definition) is 5. The lowest BCUT2D eigenvalue weighted by atomic mass is 9.99. The van der Waals surface area contributed by atoms with Gasteiger partial charge in [-0.2, -0.15) is 22.8 Å². The van der Waals surface area contributed by atoms with Gasteiger partial charge >= 0.3 is 16.2 Å². The number of aromatic nitrogens is 3. The number of rotatable bonds is 4. The van der Waals surface area contributed by atoms with Crippen molar-refractivity contribution in [2.45, 2.75) is 12.8 Å². The molecule has 1 saturated heterocycles. The molecule has 1 aromatic heterocycles. The van der Waals surface area contributed by atoms with Crippen molar-refractivity contribution < 1.29 is 18.3 Å². The van der Waals surface area contributed by atoms with E-state index in [1.807, 2.05) is 0 Å². The molecule has 18 heavy (non-hydrogen) atoms. The van der Waals surface area contributed by atoms with Gasteiger partial charge in [0.2, 0.25) is 5.95 Å². The predicted molar refractivity (Wildman–Crippen MR) is 60.9 cm³/mol. The van der Waals surface area contributed by atoms with Crippen LogP contribution >= 0.6 is 0 Å². The first kappa shape index (κ1) is 12.8. The highest BCUT2D eigenvalue weighted by Gasteiger charge is 2.31. The van der Waals surface area contributed by atoms with Gasteiger partial charge in [-0.15, -0.1) is 0 Å². The second-order valence-corrected chi connectivity index (χ2v) is 5.62. The van der Waals surface area contributed by atoms with Crippen LogP contribution in [0, 0.1) is 5.92 Å². The van der Waals surface area contributed by atoms with Gasteiger partial charge in [-0.3, -0.25) is 4.79 Å². The minimum atomic E-state index is -3.70. The molecule has 0 aliphatic carbocycles. The van der Waals surface area contributed by atoms with Crippen LogP contribution in [0.15, 0.2) is 6.33 Å². The molecule has 1 aliphatic heterocycles. The van der Waals surface area contributed by atoms with Crippen molar-refractivity contribution >= 4 is 22.1 Å². The number of carbonyl (C=O) groups is 1. The highest BCUT2D eigenvalue weighted by atomic mass is 32.2. The van der Waals surface area contributed by atoms with Gasteiger partial charge in [-0.1, -0.05) is 0 Å². The second kappa shape index (κ2) is 4.90. The van der Waals surface area contributed by atoms with Crippen molar-refractivity contribution in [1.82, 2.24) is 19.5 Å². The third-order valence-electron chi connectivity index (χ3n) is 2.78. The number of anilines is 1. The van der Waals surface area contributed by atoms with Gasteiger partial charge in [0.1, 0.15) is 6.33 Å². The Balaban J connectivity index is 1.98. The minimum absolute atomic E-state index is 0.0374. The molecule has 2 rings (SSSR count). The number of aliphatic carboxylic acids is 1. The summed E-state index contributed by atoms with van der Waals surface area (Å²) >= 11 is 0. The van der Waals surface area contributed by atoms with Crippen LogP contribution in [0.3, 0.4) is 0 Å². The van der Waals surface area contributed by atoms with E-state index in [9.17, 15) is 13.2 Å². The zero-order chi connectivity index (χ0) is 13.2. The van der Waals surface area contributed by atoms with Crippen molar-refractivity contribution in [3.63, 3.8) is 0 Å². The van der Waals surface area contributed by atoms with Crippen molar-refractivity contribution in [1.29, 1.82) is 0 Å². The molecule has 0 bridgehead atoms. The van der Waals surface area contributed by atoms with Crippen molar-refractivity contribution in [2.75, 3.05) is 17.8 Å². The fraction of sp³-hybridized carbons (Fsp3) is 0.625. The molecule has 3 N–H and O–H groups in total. The maximum atomic E-state index is 11.9. The van der Waals surface area contributed by atoms with Crippen LogP contribution in [-0.4, -0.2) is 52.1 Å².